The fraction of sp³-hybridized carbons (Fsp3) is 0.833. The molecule has 1 aliphatic rings. The van der Waals surface area contributed by atoms with Crippen molar-refractivity contribution in [3.8, 4) is 0 Å². The van der Waals surface area contributed by atoms with Crippen molar-refractivity contribution in [1.29, 1.82) is 0 Å². The number of nitrogens with zero attached hydrogens (tertiary/aromatic N) is 1. The molecular formula is C12H23N3O5S. The number of nitrogens with one attached hydrogen (secondary N) is 2. The van der Waals surface area contributed by atoms with Crippen molar-refractivity contribution in [3.63, 3.8) is 0 Å². The first-order valence-electron chi connectivity index (χ1n) is 6.80. The third-order valence-electron chi connectivity index (χ3n) is 3.00. The molecule has 0 saturated carbocycles. The van der Waals surface area contributed by atoms with Gasteiger partial charge in [0.2, 0.25) is 5.91 Å². The summed E-state index contributed by atoms with van der Waals surface area (Å²) in [6.07, 6.45) is 0.956. The zero-order valence-corrected chi connectivity index (χ0v) is 13.4. The van der Waals surface area contributed by atoms with E-state index in [-0.39, 0.29) is 19.6 Å². The van der Waals surface area contributed by atoms with Crippen LogP contribution in [0.5, 0.6) is 0 Å². The summed E-state index contributed by atoms with van der Waals surface area (Å²) in [5, 5.41) is 11.6. The Bertz CT molecular complexity index is 498. The van der Waals surface area contributed by atoms with Gasteiger partial charge in [0.05, 0.1) is 12.5 Å². The van der Waals surface area contributed by atoms with E-state index < -0.39 is 33.5 Å². The van der Waals surface area contributed by atoms with Crippen molar-refractivity contribution in [1.82, 2.24) is 14.3 Å². The highest BCUT2D eigenvalue weighted by atomic mass is 32.2. The van der Waals surface area contributed by atoms with E-state index >= 15 is 0 Å². The molecule has 8 nitrogen and oxygen atoms in total. The van der Waals surface area contributed by atoms with Crippen LogP contribution in [0, 0.1) is 5.92 Å². The fourth-order valence-electron chi connectivity index (χ4n) is 2.07. The largest absolute Gasteiger partial charge is 0.481 e. The minimum atomic E-state index is -3.84. The second-order valence-corrected chi connectivity index (χ2v) is 7.91. The van der Waals surface area contributed by atoms with Gasteiger partial charge in [-0.3, -0.25) is 9.59 Å². The van der Waals surface area contributed by atoms with Crippen molar-refractivity contribution in [2.45, 2.75) is 39.2 Å². The fourth-order valence-corrected chi connectivity index (χ4v) is 3.31. The maximum atomic E-state index is 12.1. The number of aliphatic carboxylic acids is 1. The Hall–Kier alpha value is -1.19. The van der Waals surface area contributed by atoms with Crippen LogP contribution in [0.25, 0.3) is 0 Å². The van der Waals surface area contributed by atoms with E-state index in [0.29, 0.717) is 12.8 Å². The average Bonchev–Trinajstić information content (AvgIpc) is 2.35. The van der Waals surface area contributed by atoms with Crippen LogP contribution >= 0.6 is 0 Å². The van der Waals surface area contributed by atoms with Crippen LogP contribution in [0.3, 0.4) is 0 Å². The molecule has 0 aromatic heterocycles. The molecule has 1 amide bonds. The quantitative estimate of drug-likeness (QED) is 0.633. The lowest BCUT2D eigenvalue weighted by Crippen LogP contribution is -2.51. The maximum absolute atomic E-state index is 12.1. The number of amides is 1. The van der Waals surface area contributed by atoms with Gasteiger partial charge in [0.1, 0.15) is 0 Å². The van der Waals surface area contributed by atoms with E-state index in [4.69, 9.17) is 5.11 Å². The Morgan fingerprint density at radius 1 is 1.33 bits per heavy atom. The molecule has 0 radical (unpaired) electrons. The summed E-state index contributed by atoms with van der Waals surface area (Å²) >= 11 is 0. The zero-order chi connectivity index (χ0) is 16.3. The van der Waals surface area contributed by atoms with Crippen molar-refractivity contribution in [2.75, 3.05) is 19.6 Å². The van der Waals surface area contributed by atoms with Gasteiger partial charge in [0, 0.05) is 18.6 Å². The Morgan fingerprint density at radius 2 is 1.95 bits per heavy atom. The zero-order valence-electron chi connectivity index (χ0n) is 12.5. The van der Waals surface area contributed by atoms with E-state index in [1.54, 1.807) is 20.8 Å². The molecule has 0 aliphatic carbocycles. The third-order valence-corrected chi connectivity index (χ3v) is 4.52. The first kappa shape index (κ1) is 17.9. The van der Waals surface area contributed by atoms with Crippen LogP contribution in [0.4, 0.5) is 0 Å². The van der Waals surface area contributed by atoms with Gasteiger partial charge in [-0.05, 0) is 33.6 Å². The molecule has 1 atom stereocenters. The molecule has 0 bridgehead atoms. The molecule has 1 fully saturated rings. The number of carboxylic acid groups (broad SMARTS) is 1. The van der Waals surface area contributed by atoms with Crippen LogP contribution in [0.1, 0.15) is 33.6 Å². The number of rotatable bonds is 5. The lowest BCUT2D eigenvalue weighted by molar-refractivity contribution is -0.142. The van der Waals surface area contributed by atoms with E-state index in [0.717, 1.165) is 4.31 Å². The van der Waals surface area contributed by atoms with E-state index in [2.05, 4.69) is 10.0 Å². The summed E-state index contributed by atoms with van der Waals surface area (Å²) in [4.78, 5) is 22.6. The molecule has 21 heavy (non-hydrogen) atoms. The van der Waals surface area contributed by atoms with Crippen LogP contribution in [-0.2, 0) is 19.8 Å². The highest BCUT2D eigenvalue weighted by Crippen LogP contribution is 2.18. The predicted octanol–water partition coefficient (Wildman–Crippen LogP) is -0.468. The van der Waals surface area contributed by atoms with Crippen molar-refractivity contribution < 1.29 is 23.1 Å². The van der Waals surface area contributed by atoms with Crippen LogP contribution in [-0.4, -0.2) is 54.9 Å². The van der Waals surface area contributed by atoms with Gasteiger partial charge in [0.15, 0.2) is 0 Å². The number of carbonyl (C=O) groups is 2. The van der Waals surface area contributed by atoms with Crippen LogP contribution in [0.2, 0.25) is 0 Å². The topological polar surface area (TPSA) is 116 Å². The predicted molar refractivity (Wildman–Crippen MR) is 76.8 cm³/mol. The SMILES string of the molecule is CC(C)(C)NC(=O)CNS(=O)(=O)N1CCCC(C(=O)O)C1. The first-order valence-corrected chi connectivity index (χ1v) is 8.24. The number of carboxylic acids is 1. The molecule has 1 heterocycles. The number of hydrogen-bond acceptors (Lipinski definition) is 4. The number of carbonyl (C=O) groups excluding carboxylic acids is 1. The van der Waals surface area contributed by atoms with Gasteiger partial charge in [-0.1, -0.05) is 0 Å². The third kappa shape index (κ3) is 5.98. The molecule has 3 N–H and O–H groups in total. The Balaban J connectivity index is 2.57. The van der Waals surface area contributed by atoms with Gasteiger partial charge < -0.3 is 10.4 Å². The summed E-state index contributed by atoms with van der Waals surface area (Å²) < 4.78 is 27.4. The molecule has 0 aromatic carbocycles. The molecule has 122 valence electrons. The Morgan fingerprint density at radius 3 is 2.48 bits per heavy atom. The van der Waals surface area contributed by atoms with E-state index in [1.807, 2.05) is 0 Å². The highest BCUT2D eigenvalue weighted by Gasteiger charge is 2.32. The van der Waals surface area contributed by atoms with Crippen LogP contribution < -0.4 is 10.0 Å². The smallest absolute Gasteiger partial charge is 0.307 e. The van der Waals surface area contributed by atoms with Gasteiger partial charge in [-0.2, -0.15) is 17.4 Å². The summed E-state index contributed by atoms with van der Waals surface area (Å²) in [5.41, 5.74) is -0.442. The van der Waals surface area contributed by atoms with E-state index in [9.17, 15) is 18.0 Å². The molecule has 0 spiro atoms. The van der Waals surface area contributed by atoms with Crippen molar-refractivity contribution in [3.05, 3.63) is 0 Å². The van der Waals surface area contributed by atoms with Gasteiger partial charge in [-0.25, -0.2) is 0 Å². The number of hydrogen-bond donors (Lipinski definition) is 3. The van der Waals surface area contributed by atoms with Gasteiger partial charge >= 0.3 is 5.97 Å². The summed E-state index contributed by atoms with van der Waals surface area (Å²) in [6, 6.07) is 0. The summed E-state index contributed by atoms with van der Waals surface area (Å²) in [6.45, 7) is 5.21. The van der Waals surface area contributed by atoms with Gasteiger partial charge in [-0.15, -0.1) is 0 Å². The normalized spacial score (nSPS) is 21.0. The lowest BCUT2D eigenvalue weighted by Gasteiger charge is -2.30. The molecule has 9 heteroatoms. The molecule has 1 rings (SSSR count). The Kier molecular flexibility index (Phi) is 5.71. The molecular weight excluding hydrogens is 298 g/mol. The monoisotopic (exact) mass is 321 g/mol. The minimum Gasteiger partial charge on any atom is -0.481 e. The molecule has 1 unspecified atom stereocenters. The van der Waals surface area contributed by atoms with Crippen LogP contribution in [0.15, 0.2) is 0 Å². The maximum Gasteiger partial charge on any atom is 0.307 e. The second-order valence-electron chi connectivity index (χ2n) is 6.16. The first-order chi connectivity index (χ1) is 9.51. The summed E-state index contributed by atoms with van der Waals surface area (Å²) in [7, 11) is -3.84. The number of piperidine rings is 1. The molecule has 0 aromatic rings. The Labute approximate surface area is 125 Å². The molecule has 1 aliphatic heterocycles. The highest BCUT2D eigenvalue weighted by molar-refractivity contribution is 7.87. The van der Waals surface area contributed by atoms with Gasteiger partial charge in [0.25, 0.3) is 10.2 Å². The second kappa shape index (κ2) is 6.71. The average molecular weight is 321 g/mol. The van der Waals surface area contributed by atoms with Crippen molar-refractivity contribution in [2.24, 2.45) is 5.92 Å². The molecule has 1 saturated heterocycles. The van der Waals surface area contributed by atoms with Crippen molar-refractivity contribution >= 4 is 22.1 Å². The summed E-state index contributed by atoms with van der Waals surface area (Å²) in [5.74, 6) is -2.13. The standard InChI is InChI=1S/C12H23N3O5S/c1-12(2,3)14-10(16)7-13-21(19,20)15-6-4-5-9(8-15)11(17)18/h9,13H,4-8H2,1-3H3,(H,14,16)(H,17,18). The van der Waals surface area contributed by atoms with E-state index in [1.165, 1.54) is 0 Å². The minimum absolute atomic E-state index is 0.0639. The lowest BCUT2D eigenvalue weighted by atomic mass is 10.0.